The van der Waals surface area contributed by atoms with E-state index in [1.54, 1.807) is 7.11 Å². The second-order valence-electron chi connectivity index (χ2n) is 5.42. The van der Waals surface area contributed by atoms with Gasteiger partial charge in [-0.25, -0.2) is 4.79 Å². The number of amides is 3. The predicted molar refractivity (Wildman–Crippen MR) is 74.3 cm³/mol. The third-order valence-corrected chi connectivity index (χ3v) is 3.37. The number of urea groups is 1. The van der Waals surface area contributed by atoms with Crippen molar-refractivity contribution in [3.8, 4) is 0 Å². The summed E-state index contributed by atoms with van der Waals surface area (Å²) in [6.07, 6.45) is 2.23. The molecule has 1 aliphatic rings. The predicted octanol–water partition coefficient (Wildman–Crippen LogP) is -0.304. The van der Waals surface area contributed by atoms with Crippen molar-refractivity contribution in [3.63, 3.8) is 0 Å². The van der Waals surface area contributed by atoms with Gasteiger partial charge in [0.25, 0.3) is 0 Å². The maximum absolute atomic E-state index is 11.7. The smallest absolute Gasteiger partial charge is 0.321 e. The van der Waals surface area contributed by atoms with Crippen molar-refractivity contribution in [2.75, 3.05) is 39.9 Å². The summed E-state index contributed by atoms with van der Waals surface area (Å²) in [4.78, 5) is 25.1. The van der Waals surface area contributed by atoms with Gasteiger partial charge in [0.2, 0.25) is 5.91 Å². The van der Waals surface area contributed by atoms with E-state index in [1.165, 1.54) is 0 Å². The molecule has 1 rings (SSSR count). The SMILES string of the molecule is COCCNC(=O)NC(=O)CN1CCCC(C)(O)CC1. The quantitative estimate of drug-likeness (QED) is 0.604. The third kappa shape index (κ3) is 6.83. The molecule has 7 heteroatoms. The van der Waals surface area contributed by atoms with E-state index in [-0.39, 0.29) is 12.5 Å². The minimum Gasteiger partial charge on any atom is -0.390 e. The van der Waals surface area contributed by atoms with Gasteiger partial charge >= 0.3 is 6.03 Å². The highest BCUT2D eigenvalue weighted by atomic mass is 16.5. The van der Waals surface area contributed by atoms with Gasteiger partial charge in [-0.1, -0.05) is 0 Å². The van der Waals surface area contributed by atoms with Crippen LogP contribution in [0.15, 0.2) is 0 Å². The topological polar surface area (TPSA) is 90.9 Å². The molecule has 0 radical (unpaired) electrons. The molecular formula is C13H25N3O4. The summed E-state index contributed by atoms with van der Waals surface area (Å²) in [5, 5.41) is 14.8. The number of rotatable bonds is 5. The zero-order valence-corrected chi connectivity index (χ0v) is 12.3. The number of hydrogen-bond donors (Lipinski definition) is 3. The largest absolute Gasteiger partial charge is 0.390 e. The Balaban J connectivity index is 2.26. The lowest BCUT2D eigenvalue weighted by atomic mass is 9.98. The van der Waals surface area contributed by atoms with E-state index in [2.05, 4.69) is 10.6 Å². The fourth-order valence-electron chi connectivity index (χ4n) is 2.16. The molecule has 0 bridgehead atoms. The highest BCUT2D eigenvalue weighted by Gasteiger charge is 2.25. The van der Waals surface area contributed by atoms with Crippen LogP contribution in [-0.4, -0.2) is 67.4 Å². The summed E-state index contributed by atoms with van der Waals surface area (Å²) in [5.74, 6) is -0.332. The molecule has 1 atom stereocenters. The van der Waals surface area contributed by atoms with Gasteiger partial charge in [-0.15, -0.1) is 0 Å². The molecule has 0 saturated carbocycles. The summed E-state index contributed by atoms with van der Waals surface area (Å²) in [6.45, 7) is 4.18. The Morgan fingerprint density at radius 2 is 2.10 bits per heavy atom. The summed E-state index contributed by atoms with van der Waals surface area (Å²) in [7, 11) is 1.54. The maximum atomic E-state index is 11.7. The summed E-state index contributed by atoms with van der Waals surface area (Å²) < 4.78 is 4.79. The van der Waals surface area contributed by atoms with Crippen molar-refractivity contribution >= 4 is 11.9 Å². The standard InChI is InChI=1S/C13H25N3O4/c1-13(19)4-3-7-16(8-5-13)10-11(17)15-12(18)14-6-9-20-2/h19H,3-10H2,1-2H3,(H2,14,15,17,18). The fraction of sp³-hybridized carbons (Fsp3) is 0.846. The molecule has 7 nitrogen and oxygen atoms in total. The van der Waals surface area contributed by atoms with Crippen molar-refractivity contribution in [3.05, 3.63) is 0 Å². The zero-order chi connectivity index (χ0) is 15.0. The van der Waals surface area contributed by atoms with Crippen LogP contribution in [0.2, 0.25) is 0 Å². The first-order valence-corrected chi connectivity index (χ1v) is 6.94. The van der Waals surface area contributed by atoms with Gasteiger partial charge in [0.1, 0.15) is 0 Å². The van der Waals surface area contributed by atoms with Crippen molar-refractivity contribution in [2.24, 2.45) is 0 Å². The number of aliphatic hydroxyl groups is 1. The van der Waals surface area contributed by atoms with Crippen LogP contribution in [0.5, 0.6) is 0 Å². The first kappa shape index (κ1) is 16.9. The van der Waals surface area contributed by atoms with Gasteiger partial charge in [0, 0.05) is 20.2 Å². The average molecular weight is 287 g/mol. The van der Waals surface area contributed by atoms with E-state index >= 15 is 0 Å². The van der Waals surface area contributed by atoms with Crippen LogP contribution in [0.4, 0.5) is 4.79 Å². The highest BCUT2D eigenvalue weighted by molar-refractivity contribution is 5.95. The summed E-state index contributed by atoms with van der Waals surface area (Å²) in [5.41, 5.74) is -0.650. The number of likely N-dealkylation sites (tertiary alicyclic amines) is 1. The number of carbonyl (C=O) groups is 2. The molecule has 0 aliphatic carbocycles. The number of nitrogens with zero attached hydrogens (tertiary/aromatic N) is 1. The van der Waals surface area contributed by atoms with E-state index in [1.807, 2.05) is 11.8 Å². The van der Waals surface area contributed by atoms with Crippen LogP contribution in [-0.2, 0) is 9.53 Å². The molecule has 1 unspecified atom stereocenters. The molecule has 1 aliphatic heterocycles. The first-order valence-electron chi connectivity index (χ1n) is 6.94. The number of hydrogen-bond acceptors (Lipinski definition) is 5. The normalized spacial score (nSPS) is 23.9. The molecule has 20 heavy (non-hydrogen) atoms. The number of methoxy groups -OCH3 is 1. The molecule has 116 valence electrons. The van der Waals surface area contributed by atoms with Crippen molar-refractivity contribution < 1.29 is 19.4 Å². The van der Waals surface area contributed by atoms with Crippen molar-refractivity contribution in [1.29, 1.82) is 0 Å². The minimum atomic E-state index is -0.650. The first-order chi connectivity index (χ1) is 9.43. The highest BCUT2D eigenvalue weighted by Crippen LogP contribution is 2.20. The molecule has 0 aromatic rings. The molecule has 0 aromatic heterocycles. The molecule has 3 amide bonds. The number of nitrogens with one attached hydrogen (secondary N) is 2. The van der Waals surface area contributed by atoms with Crippen molar-refractivity contribution in [2.45, 2.75) is 31.8 Å². The molecule has 1 fully saturated rings. The lowest BCUT2D eigenvalue weighted by molar-refractivity contribution is -0.121. The van der Waals surface area contributed by atoms with Crippen LogP contribution >= 0.6 is 0 Å². The lowest BCUT2D eigenvalue weighted by Crippen LogP contribution is -2.45. The Hall–Kier alpha value is -1.18. The number of carbonyl (C=O) groups excluding carboxylic acids is 2. The molecular weight excluding hydrogens is 262 g/mol. The minimum absolute atomic E-state index is 0.174. The van der Waals surface area contributed by atoms with E-state index in [0.717, 1.165) is 19.4 Å². The van der Waals surface area contributed by atoms with E-state index in [0.29, 0.717) is 26.1 Å². The molecule has 1 heterocycles. The molecule has 0 spiro atoms. The Morgan fingerprint density at radius 1 is 1.35 bits per heavy atom. The Morgan fingerprint density at radius 3 is 2.80 bits per heavy atom. The number of ether oxygens (including phenoxy) is 1. The Kier molecular flexibility index (Phi) is 6.90. The lowest BCUT2D eigenvalue weighted by Gasteiger charge is -2.21. The van der Waals surface area contributed by atoms with Gasteiger partial charge in [0.05, 0.1) is 18.8 Å². The van der Waals surface area contributed by atoms with Crippen LogP contribution in [0.3, 0.4) is 0 Å². The fourth-order valence-corrected chi connectivity index (χ4v) is 2.16. The van der Waals surface area contributed by atoms with Crippen LogP contribution in [0.25, 0.3) is 0 Å². The van der Waals surface area contributed by atoms with Crippen LogP contribution < -0.4 is 10.6 Å². The van der Waals surface area contributed by atoms with E-state index < -0.39 is 11.6 Å². The van der Waals surface area contributed by atoms with Gasteiger partial charge in [0.15, 0.2) is 0 Å². The third-order valence-electron chi connectivity index (χ3n) is 3.37. The monoisotopic (exact) mass is 287 g/mol. The van der Waals surface area contributed by atoms with Crippen LogP contribution in [0, 0.1) is 0 Å². The van der Waals surface area contributed by atoms with E-state index in [9.17, 15) is 14.7 Å². The Labute approximate surface area is 119 Å². The van der Waals surface area contributed by atoms with E-state index in [4.69, 9.17) is 4.74 Å². The second-order valence-corrected chi connectivity index (χ2v) is 5.42. The van der Waals surface area contributed by atoms with Gasteiger partial charge in [-0.2, -0.15) is 0 Å². The molecule has 1 saturated heterocycles. The summed E-state index contributed by atoms with van der Waals surface area (Å²) in [6, 6.07) is -0.506. The van der Waals surface area contributed by atoms with Crippen molar-refractivity contribution in [1.82, 2.24) is 15.5 Å². The average Bonchev–Trinajstić information content (AvgIpc) is 2.51. The van der Waals surface area contributed by atoms with Gasteiger partial charge < -0.3 is 15.2 Å². The zero-order valence-electron chi connectivity index (χ0n) is 12.3. The van der Waals surface area contributed by atoms with Gasteiger partial charge in [-0.3, -0.25) is 15.0 Å². The van der Waals surface area contributed by atoms with Crippen LogP contribution in [0.1, 0.15) is 26.2 Å². The molecule has 0 aromatic carbocycles. The molecule has 3 N–H and O–H groups in total. The second kappa shape index (κ2) is 8.18. The maximum Gasteiger partial charge on any atom is 0.321 e. The number of imide groups is 1. The van der Waals surface area contributed by atoms with Gasteiger partial charge in [-0.05, 0) is 32.7 Å². The summed E-state index contributed by atoms with van der Waals surface area (Å²) >= 11 is 0. The Bertz CT molecular complexity index is 334.